The molecular formula is C26H24ClN3O2. The van der Waals surface area contributed by atoms with Crippen molar-refractivity contribution in [2.24, 2.45) is 0 Å². The first-order valence-corrected chi connectivity index (χ1v) is 11.4. The third-order valence-electron chi connectivity index (χ3n) is 6.32. The van der Waals surface area contributed by atoms with E-state index in [4.69, 9.17) is 21.1 Å². The van der Waals surface area contributed by atoms with Gasteiger partial charge in [0.15, 0.2) is 6.23 Å². The zero-order valence-electron chi connectivity index (χ0n) is 17.6. The monoisotopic (exact) mass is 445 g/mol. The number of nitrogens with one attached hydrogen (secondary N) is 1. The van der Waals surface area contributed by atoms with Gasteiger partial charge in [0.1, 0.15) is 5.75 Å². The van der Waals surface area contributed by atoms with E-state index >= 15 is 0 Å². The fraction of sp³-hybridized carbons (Fsp3) is 0.231. The highest BCUT2D eigenvalue weighted by molar-refractivity contribution is 6.32. The fourth-order valence-corrected chi connectivity index (χ4v) is 4.90. The molecule has 0 bridgehead atoms. The number of hydrazine groups is 1. The van der Waals surface area contributed by atoms with Crippen LogP contribution >= 0.6 is 11.6 Å². The van der Waals surface area contributed by atoms with Gasteiger partial charge in [0.2, 0.25) is 0 Å². The van der Waals surface area contributed by atoms with Gasteiger partial charge < -0.3 is 19.8 Å². The van der Waals surface area contributed by atoms with Crippen LogP contribution in [0.4, 0.5) is 5.69 Å². The van der Waals surface area contributed by atoms with E-state index in [0.29, 0.717) is 0 Å². The minimum absolute atomic E-state index is 0.0511. The third-order valence-corrected chi connectivity index (χ3v) is 6.65. The van der Waals surface area contributed by atoms with Crippen molar-refractivity contribution in [1.29, 1.82) is 0 Å². The average Bonchev–Trinajstić information content (AvgIpc) is 3.30. The van der Waals surface area contributed by atoms with Gasteiger partial charge in [-0.3, -0.25) is 0 Å². The van der Waals surface area contributed by atoms with Gasteiger partial charge in [0, 0.05) is 40.5 Å². The Morgan fingerprint density at radius 3 is 2.44 bits per heavy atom. The van der Waals surface area contributed by atoms with Crippen LogP contribution < -0.4 is 15.1 Å². The van der Waals surface area contributed by atoms with Crippen LogP contribution in [0.15, 0.2) is 78.9 Å². The number of ether oxygens (including phenoxy) is 2. The second kappa shape index (κ2) is 8.17. The normalized spacial score (nSPS) is 22.4. The summed E-state index contributed by atoms with van der Waals surface area (Å²) in [6.07, 6.45) is 1.97. The van der Waals surface area contributed by atoms with E-state index in [1.165, 1.54) is 5.69 Å². The van der Waals surface area contributed by atoms with E-state index in [9.17, 15) is 0 Å². The zero-order valence-corrected chi connectivity index (χ0v) is 18.3. The maximum Gasteiger partial charge on any atom is 0.195 e. The van der Waals surface area contributed by atoms with Gasteiger partial charge >= 0.3 is 0 Å². The van der Waals surface area contributed by atoms with Crippen LogP contribution in [0.1, 0.15) is 29.0 Å². The molecule has 0 radical (unpaired) electrons. The summed E-state index contributed by atoms with van der Waals surface area (Å²) >= 11 is 6.50. The number of para-hydroxylation sites is 1. The molecule has 0 spiro atoms. The van der Waals surface area contributed by atoms with E-state index in [0.717, 1.165) is 59.5 Å². The number of nitrogens with zero attached hydrogens (tertiary/aromatic N) is 2. The molecular weight excluding hydrogens is 422 g/mol. The number of hydrogen-bond donors (Lipinski definition) is 1. The van der Waals surface area contributed by atoms with E-state index in [1.54, 1.807) is 0 Å². The first-order valence-electron chi connectivity index (χ1n) is 11.0. The van der Waals surface area contributed by atoms with Gasteiger partial charge in [-0.15, -0.1) is 0 Å². The lowest BCUT2D eigenvalue weighted by Crippen LogP contribution is -2.43. The summed E-state index contributed by atoms with van der Waals surface area (Å²) in [5.74, 6) is 0.912. The molecule has 0 saturated carbocycles. The Bertz CT molecular complexity index is 1160. The van der Waals surface area contributed by atoms with Crippen LogP contribution in [-0.4, -0.2) is 31.3 Å². The second-order valence-electron chi connectivity index (χ2n) is 8.22. The molecule has 3 aromatic rings. The first kappa shape index (κ1) is 19.7. The van der Waals surface area contributed by atoms with Gasteiger partial charge in [-0.1, -0.05) is 60.1 Å². The Hall–Kier alpha value is -2.99. The van der Waals surface area contributed by atoms with Crippen molar-refractivity contribution >= 4 is 23.0 Å². The highest BCUT2D eigenvalue weighted by atomic mass is 35.5. The average molecular weight is 446 g/mol. The molecule has 3 heterocycles. The fourth-order valence-electron chi connectivity index (χ4n) is 4.67. The maximum atomic E-state index is 6.50. The lowest BCUT2D eigenvalue weighted by Gasteiger charge is -2.39. The molecule has 3 aliphatic rings. The van der Waals surface area contributed by atoms with Crippen molar-refractivity contribution in [2.45, 2.75) is 12.3 Å². The number of benzene rings is 3. The molecule has 162 valence electrons. The summed E-state index contributed by atoms with van der Waals surface area (Å²) < 4.78 is 12.0. The van der Waals surface area contributed by atoms with Crippen molar-refractivity contribution in [2.75, 3.05) is 31.2 Å². The van der Waals surface area contributed by atoms with Crippen molar-refractivity contribution in [3.8, 4) is 5.75 Å². The van der Waals surface area contributed by atoms with Crippen molar-refractivity contribution in [3.63, 3.8) is 0 Å². The van der Waals surface area contributed by atoms with Crippen LogP contribution in [0.5, 0.6) is 5.75 Å². The SMILES string of the molecule is Clc1ccccc1C1=C[C@@H]2c3ccccc3O[C@H](c3ccc(N4CCOCC4)cc3)N2N1. The lowest BCUT2D eigenvalue weighted by atomic mass is 10.0. The summed E-state index contributed by atoms with van der Waals surface area (Å²) in [7, 11) is 0. The number of morpholine rings is 1. The van der Waals surface area contributed by atoms with Crippen LogP contribution in [-0.2, 0) is 4.74 Å². The van der Waals surface area contributed by atoms with Crippen molar-refractivity contribution in [3.05, 3.63) is 101 Å². The standard InChI is InChI=1S/C26H24ClN3O2/c27-22-7-3-1-5-20(22)23-17-24-21-6-2-4-8-25(21)32-26(30(24)28-23)18-9-11-19(12-10-18)29-13-15-31-16-14-29/h1-12,17,24,26,28H,13-16H2/t24-,26-/m1/s1. The molecule has 3 aromatic carbocycles. The highest BCUT2D eigenvalue weighted by Crippen LogP contribution is 2.46. The molecule has 2 atom stereocenters. The number of anilines is 1. The minimum atomic E-state index is -0.259. The van der Waals surface area contributed by atoms with E-state index in [1.807, 2.05) is 36.4 Å². The minimum Gasteiger partial charge on any atom is -0.469 e. The molecule has 1 fully saturated rings. The van der Waals surface area contributed by atoms with Gasteiger partial charge in [-0.05, 0) is 30.3 Å². The highest BCUT2D eigenvalue weighted by Gasteiger charge is 2.40. The number of rotatable bonds is 3. The maximum absolute atomic E-state index is 6.50. The summed E-state index contributed by atoms with van der Waals surface area (Å²) in [6, 6.07) is 24.9. The zero-order chi connectivity index (χ0) is 21.5. The molecule has 1 N–H and O–H groups in total. The summed E-state index contributed by atoms with van der Waals surface area (Å²) in [6.45, 7) is 3.40. The molecule has 3 aliphatic heterocycles. The second-order valence-corrected chi connectivity index (χ2v) is 8.63. The molecule has 0 aliphatic carbocycles. The van der Waals surface area contributed by atoms with Crippen LogP contribution in [0, 0.1) is 0 Å². The molecule has 6 rings (SSSR count). The summed E-state index contributed by atoms with van der Waals surface area (Å²) in [5.41, 5.74) is 9.02. The molecule has 0 amide bonds. The molecule has 5 nitrogen and oxygen atoms in total. The Kier molecular flexibility index (Phi) is 5.02. The van der Waals surface area contributed by atoms with Gasteiger partial charge in [0.05, 0.1) is 25.0 Å². The number of hydrogen-bond acceptors (Lipinski definition) is 5. The van der Waals surface area contributed by atoms with Crippen molar-refractivity contribution < 1.29 is 9.47 Å². The topological polar surface area (TPSA) is 37.0 Å². The van der Waals surface area contributed by atoms with E-state index in [-0.39, 0.29) is 12.3 Å². The summed E-state index contributed by atoms with van der Waals surface area (Å²) in [5, 5.41) is 2.90. The van der Waals surface area contributed by atoms with Gasteiger partial charge in [-0.2, -0.15) is 5.01 Å². The Labute approximate surface area is 192 Å². The van der Waals surface area contributed by atoms with E-state index < -0.39 is 0 Å². The Balaban J connectivity index is 1.34. The lowest BCUT2D eigenvalue weighted by molar-refractivity contribution is -0.0326. The predicted molar refractivity (Wildman–Crippen MR) is 126 cm³/mol. The van der Waals surface area contributed by atoms with Crippen LogP contribution in [0.2, 0.25) is 5.02 Å². The molecule has 6 heteroatoms. The van der Waals surface area contributed by atoms with Crippen LogP contribution in [0.3, 0.4) is 0 Å². The molecule has 1 saturated heterocycles. The molecule has 0 aromatic heterocycles. The van der Waals surface area contributed by atoms with Gasteiger partial charge in [-0.25, -0.2) is 0 Å². The quantitative estimate of drug-likeness (QED) is 0.602. The van der Waals surface area contributed by atoms with E-state index in [2.05, 4.69) is 57.8 Å². The smallest absolute Gasteiger partial charge is 0.195 e. The predicted octanol–water partition coefficient (Wildman–Crippen LogP) is 5.17. The Morgan fingerprint density at radius 2 is 1.62 bits per heavy atom. The first-order chi connectivity index (χ1) is 15.8. The summed E-state index contributed by atoms with van der Waals surface area (Å²) in [4.78, 5) is 2.36. The number of halogens is 1. The third kappa shape index (κ3) is 3.43. The Morgan fingerprint density at radius 1 is 0.875 bits per heavy atom. The molecule has 0 unspecified atom stereocenters. The number of fused-ring (bicyclic) bond motifs is 3. The largest absolute Gasteiger partial charge is 0.469 e. The van der Waals surface area contributed by atoms with Crippen molar-refractivity contribution in [1.82, 2.24) is 10.4 Å². The van der Waals surface area contributed by atoms with Crippen LogP contribution in [0.25, 0.3) is 5.70 Å². The molecule has 32 heavy (non-hydrogen) atoms. The van der Waals surface area contributed by atoms with Gasteiger partial charge in [0.25, 0.3) is 0 Å².